The van der Waals surface area contributed by atoms with Crippen LogP contribution in [0.4, 0.5) is 18.9 Å². The molecule has 0 atom stereocenters. The van der Waals surface area contributed by atoms with E-state index >= 15 is 0 Å². The fraction of sp³-hybridized carbons (Fsp3) is 0.286. The number of nitrogen functional groups attached to an aromatic ring is 1. The third-order valence-electron chi connectivity index (χ3n) is 1.34. The Morgan fingerprint density at radius 3 is 2.57 bits per heavy atom. The second kappa shape index (κ2) is 4.04. The maximum atomic E-state index is 11.8. The van der Waals surface area contributed by atoms with E-state index in [4.69, 9.17) is 5.73 Å². The summed E-state index contributed by atoms with van der Waals surface area (Å²) in [6, 6.07) is 1.08. The van der Waals surface area contributed by atoms with Crippen molar-refractivity contribution in [1.29, 1.82) is 0 Å². The molecule has 0 spiro atoms. The number of hydrogen-bond acceptors (Lipinski definition) is 3. The number of pyridine rings is 1. The first kappa shape index (κ1) is 11.1. The van der Waals surface area contributed by atoms with Gasteiger partial charge >= 0.3 is 6.36 Å². The number of aromatic nitrogens is 1. The van der Waals surface area contributed by atoms with Crippen molar-refractivity contribution in [3.05, 3.63) is 18.0 Å². The van der Waals surface area contributed by atoms with Crippen LogP contribution in [0, 0.1) is 0 Å². The number of alkyl halides is 4. The summed E-state index contributed by atoms with van der Waals surface area (Å²) in [5, 5.41) is 0.380. The van der Waals surface area contributed by atoms with Crippen LogP contribution in [0.3, 0.4) is 0 Å². The molecule has 0 fully saturated rings. The Kier molecular flexibility index (Phi) is 3.20. The fourth-order valence-corrected chi connectivity index (χ4v) is 1.26. The lowest BCUT2D eigenvalue weighted by Crippen LogP contribution is -2.17. The van der Waals surface area contributed by atoms with Crippen LogP contribution < -0.4 is 10.5 Å². The summed E-state index contributed by atoms with van der Waals surface area (Å²) in [7, 11) is 0. The van der Waals surface area contributed by atoms with E-state index in [-0.39, 0.29) is 5.69 Å². The Morgan fingerprint density at radius 2 is 2.14 bits per heavy atom. The molecule has 0 amide bonds. The molecule has 14 heavy (non-hydrogen) atoms. The van der Waals surface area contributed by atoms with E-state index in [0.29, 0.717) is 11.0 Å². The predicted molar refractivity (Wildman–Crippen MR) is 48.0 cm³/mol. The largest absolute Gasteiger partial charge is 0.573 e. The highest BCUT2D eigenvalue weighted by Crippen LogP contribution is 2.25. The molecule has 0 aliphatic carbocycles. The summed E-state index contributed by atoms with van der Waals surface area (Å²) in [6.07, 6.45) is -3.75. The highest BCUT2D eigenvalue weighted by Gasteiger charge is 2.31. The van der Waals surface area contributed by atoms with Gasteiger partial charge in [-0.2, -0.15) is 0 Å². The van der Waals surface area contributed by atoms with Crippen LogP contribution in [0.2, 0.25) is 0 Å². The standard InChI is InChI=1S/C7H6BrF3N2O/c8-2-6-5(12)1-4(3-13-6)14-7(9,10)11/h1,3H,2,12H2. The van der Waals surface area contributed by atoms with Crippen LogP contribution in [0.25, 0.3) is 0 Å². The molecule has 7 heteroatoms. The molecule has 3 nitrogen and oxygen atoms in total. The first-order chi connectivity index (χ1) is 6.42. The van der Waals surface area contributed by atoms with Crippen LogP contribution in [0.15, 0.2) is 12.3 Å². The third-order valence-corrected chi connectivity index (χ3v) is 1.87. The molecule has 78 valence electrons. The van der Waals surface area contributed by atoms with Crippen LogP contribution in [-0.2, 0) is 5.33 Å². The number of anilines is 1. The summed E-state index contributed by atoms with van der Waals surface area (Å²) in [4.78, 5) is 3.68. The summed E-state index contributed by atoms with van der Waals surface area (Å²) in [5.41, 5.74) is 6.04. The molecule has 1 aromatic heterocycles. The zero-order valence-corrected chi connectivity index (χ0v) is 8.39. The van der Waals surface area contributed by atoms with Gasteiger partial charge in [-0.1, -0.05) is 15.9 Å². The van der Waals surface area contributed by atoms with E-state index in [0.717, 1.165) is 12.3 Å². The quantitative estimate of drug-likeness (QED) is 0.840. The third kappa shape index (κ3) is 3.06. The molecule has 1 aromatic rings. The van der Waals surface area contributed by atoms with Crippen molar-refractivity contribution in [3.8, 4) is 5.75 Å². The molecule has 0 bridgehead atoms. The minimum atomic E-state index is -4.72. The molecule has 0 aliphatic heterocycles. The molecule has 0 saturated heterocycles. The van der Waals surface area contributed by atoms with Gasteiger partial charge in [0, 0.05) is 11.4 Å². The topological polar surface area (TPSA) is 48.1 Å². The Morgan fingerprint density at radius 1 is 1.50 bits per heavy atom. The zero-order valence-electron chi connectivity index (χ0n) is 6.81. The highest BCUT2D eigenvalue weighted by atomic mass is 79.9. The van der Waals surface area contributed by atoms with Crippen molar-refractivity contribution in [2.45, 2.75) is 11.7 Å². The molecule has 0 saturated carbocycles. The second-order valence-corrected chi connectivity index (χ2v) is 2.95. The lowest BCUT2D eigenvalue weighted by Gasteiger charge is -2.09. The van der Waals surface area contributed by atoms with Gasteiger partial charge < -0.3 is 10.5 Å². The van der Waals surface area contributed by atoms with Gasteiger partial charge in [0.05, 0.1) is 17.6 Å². The van der Waals surface area contributed by atoms with Gasteiger partial charge in [0.2, 0.25) is 0 Å². The Balaban J connectivity index is 2.87. The molecule has 2 N–H and O–H groups in total. The molecule has 1 rings (SSSR count). The van der Waals surface area contributed by atoms with Crippen molar-refractivity contribution in [2.75, 3.05) is 5.73 Å². The van der Waals surface area contributed by atoms with Crippen molar-refractivity contribution < 1.29 is 17.9 Å². The molecule has 0 unspecified atom stereocenters. The number of ether oxygens (including phenoxy) is 1. The van der Waals surface area contributed by atoms with E-state index in [1.54, 1.807) is 0 Å². The van der Waals surface area contributed by atoms with Crippen molar-refractivity contribution >= 4 is 21.6 Å². The Bertz CT molecular complexity index is 329. The molecule has 0 aromatic carbocycles. The molecule has 1 heterocycles. The van der Waals surface area contributed by atoms with Gasteiger partial charge in [0.1, 0.15) is 5.75 Å². The first-order valence-corrected chi connectivity index (χ1v) is 4.60. The lowest BCUT2D eigenvalue weighted by molar-refractivity contribution is -0.274. The summed E-state index contributed by atoms with van der Waals surface area (Å²) < 4.78 is 38.9. The maximum absolute atomic E-state index is 11.8. The number of halogens is 4. The second-order valence-electron chi connectivity index (χ2n) is 2.39. The van der Waals surface area contributed by atoms with E-state index in [1.807, 2.05) is 0 Å². The average molecular weight is 271 g/mol. The minimum absolute atomic E-state index is 0.156. The van der Waals surface area contributed by atoms with Crippen LogP contribution in [0.5, 0.6) is 5.75 Å². The first-order valence-electron chi connectivity index (χ1n) is 3.48. The van der Waals surface area contributed by atoms with Crippen molar-refractivity contribution in [2.24, 2.45) is 0 Å². The minimum Gasteiger partial charge on any atom is -0.404 e. The number of nitrogens with two attached hydrogens (primary N) is 1. The number of rotatable bonds is 2. The SMILES string of the molecule is Nc1cc(OC(F)(F)F)cnc1CBr. The molecular formula is C7H6BrF3N2O. The van der Waals surface area contributed by atoms with E-state index < -0.39 is 12.1 Å². The Hall–Kier alpha value is -0.980. The zero-order chi connectivity index (χ0) is 10.8. The maximum Gasteiger partial charge on any atom is 0.573 e. The number of hydrogen-bond donors (Lipinski definition) is 1. The Labute approximate surface area is 86.2 Å². The van der Waals surface area contributed by atoms with Gasteiger partial charge in [0.15, 0.2) is 0 Å². The van der Waals surface area contributed by atoms with E-state index in [2.05, 4.69) is 25.7 Å². The van der Waals surface area contributed by atoms with Gasteiger partial charge in [-0.25, -0.2) is 0 Å². The van der Waals surface area contributed by atoms with E-state index in [1.165, 1.54) is 0 Å². The normalized spacial score (nSPS) is 11.4. The monoisotopic (exact) mass is 270 g/mol. The summed E-state index contributed by atoms with van der Waals surface area (Å²) >= 11 is 3.09. The predicted octanol–water partition coefficient (Wildman–Crippen LogP) is 2.46. The lowest BCUT2D eigenvalue weighted by atomic mass is 10.3. The van der Waals surface area contributed by atoms with Gasteiger partial charge in [0.25, 0.3) is 0 Å². The van der Waals surface area contributed by atoms with Crippen molar-refractivity contribution in [3.63, 3.8) is 0 Å². The highest BCUT2D eigenvalue weighted by molar-refractivity contribution is 9.08. The average Bonchev–Trinajstić information content (AvgIpc) is 2.01. The summed E-state index contributed by atoms with van der Waals surface area (Å²) in [6.45, 7) is 0. The van der Waals surface area contributed by atoms with Crippen LogP contribution in [-0.4, -0.2) is 11.3 Å². The van der Waals surface area contributed by atoms with Gasteiger partial charge in [-0.15, -0.1) is 13.2 Å². The molecule has 0 radical (unpaired) electrons. The van der Waals surface area contributed by atoms with Gasteiger partial charge in [-0.3, -0.25) is 4.98 Å². The van der Waals surface area contributed by atoms with E-state index in [9.17, 15) is 13.2 Å². The number of nitrogens with zero attached hydrogens (tertiary/aromatic N) is 1. The van der Waals surface area contributed by atoms with Gasteiger partial charge in [-0.05, 0) is 0 Å². The molecular weight excluding hydrogens is 265 g/mol. The smallest absolute Gasteiger partial charge is 0.404 e. The van der Waals surface area contributed by atoms with Crippen LogP contribution >= 0.6 is 15.9 Å². The van der Waals surface area contributed by atoms with Crippen LogP contribution in [0.1, 0.15) is 5.69 Å². The fourth-order valence-electron chi connectivity index (χ4n) is 0.791. The summed E-state index contributed by atoms with van der Waals surface area (Å²) in [5.74, 6) is -0.417. The molecule has 0 aliphatic rings. The van der Waals surface area contributed by atoms with Crippen molar-refractivity contribution in [1.82, 2.24) is 4.98 Å².